The number of H-pyrrole nitrogens is 1. The van der Waals surface area contributed by atoms with Gasteiger partial charge in [0.05, 0.1) is 11.5 Å². The zero-order valence-electron chi connectivity index (χ0n) is 9.90. The summed E-state index contributed by atoms with van der Waals surface area (Å²) in [5.41, 5.74) is 2.47. The van der Waals surface area contributed by atoms with Crippen molar-refractivity contribution in [1.82, 2.24) is 15.5 Å². The molecule has 2 aliphatic rings. The van der Waals surface area contributed by atoms with Gasteiger partial charge in [0.2, 0.25) is 0 Å². The van der Waals surface area contributed by atoms with Gasteiger partial charge in [0, 0.05) is 17.3 Å². The summed E-state index contributed by atoms with van der Waals surface area (Å²) in [6.07, 6.45) is 3.35. The molecule has 0 aromatic carbocycles. The fraction of sp³-hybridized carbons (Fsp3) is 0.636. The van der Waals surface area contributed by atoms with Crippen LogP contribution in [0, 0.1) is 0 Å². The molecular weight excluding hydrogens is 254 g/mol. The second kappa shape index (κ2) is 4.08. The summed E-state index contributed by atoms with van der Waals surface area (Å²) in [5.74, 6) is -0.0430. The number of aromatic nitrogens is 2. The lowest BCUT2D eigenvalue weighted by Crippen LogP contribution is -2.36. The number of amides is 1. The summed E-state index contributed by atoms with van der Waals surface area (Å²) < 4.78 is 22.6. The zero-order valence-corrected chi connectivity index (χ0v) is 10.7. The van der Waals surface area contributed by atoms with Crippen molar-refractivity contribution < 1.29 is 13.2 Å². The summed E-state index contributed by atoms with van der Waals surface area (Å²) in [7, 11) is -2.96. The number of sulfone groups is 1. The molecule has 7 heteroatoms. The third kappa shape index (κ3) is 2.03. The van der Waals surface area contributed by atoms with E-state index in [0.29, 0.717) is 12.1 Å². The topological polar surface area (TPSA) is 91.9 Å². The largest absolute Gasteiger partial charge is 0.347 e. The highest BCUT2D eigenvalue weighted by Gasteiger charge is 2.31. The van der Waals surface area contributed by atoms with Crippen molar-refractivity contribution in [3.8, 4) is 0 Å². The average Bonchev–Trinajstić information content (AvgIpc) is 2.92. The minimum absolute atomic E-state index is 0.0470. The van der Waals surface area contributed by atoms with Crippen molar-refractivity contribution in [2.24, 2.45) is 0 Å². The van der Waals surface area contributed by atoms with Crippen LogP contribution < -0.4 is 5.32 Å². The van der Waals surface area contributed by atoms with Crippen LogP contribution in [-0.2, 0) is 22.7 Å². The monoisotopic (exact) mass is 269 g/mol. The first-order chi connectivity index (χ1) is 8.55. The maximum Gasteiger partial charge on any atom is 0.272 e. The Kier molecular flexibility index (Phi) is 2.65. The van der Waals surface area contributed by atoms with Crippen LogP contribution in [-0.4, -0.2) is 42.1 Å². The zero-order chi connectivity index (χ0) is 12.8. The van der Waals surface area contributed by atoms with Gasteiger partial charge >= 0.3 is 0 Å². The normalized spacial score (nSPS) is 25.0. The summed E-state index contributed by atoms with van der Waals surface area (Å²) in [6, 6.07) is -0.267. The minimum Gasteiger partial charge on any atom is -0.347 e. The van der Waals surface area contributed by atoms with Crippen LogP contribution in [0.3, 0.4) is 0 Å². The molecule has 3 rings (SSSR count). The third-order valence-corrected chi connectivity index (χ3v) is 5.36. The Morgan fingerprint density at radius 3 is 2.94 bits per heavy atom. The molecule has 0 unspecified atom stereocenters. The molecule has 6 nitrogen and oxygen atoms in total. The fourth-order valence-electron chi connectivity index (χ4n) is 2.67. The second-order valence-corrected chi connectivity index (χ2v) is 7.19. The van der Waals surface area contributed by atoms with Crippen LogP contribution in [0.2, 0.25) is 0 Å². The Bertz CT molecular complexity index is 591. The molecule has 1 fully saturated rings. The van der Waals surface area contributed by atoms with Gasteiger partial charge in [-0.05, 0) is 25.7 Å². The Hall–Kier alpha value is -1.37. The van der Waals surface area contributed by atoms with Crippen molar-refractivity contribution in [3.63, 3.8) is 0 Å². The molecule has 98 valence electrons. The first kappa shape index (κ1) is 11.7. The van der Waals surface area contributed by atoms with Crippen LogP contribution in [0.5, 0.6) is 0 Å². The van der Waals surface area contributed by atoms with Crippen LogP contribution in [0.15, 0.2) is 0 Å². The van der Waals surface area contributed by atoms with Crippen molar-refractivity contribution in [2.75, 3.05) is 11.5 Å². The molecule has 1 amide bonds. The molecule has 0 saturated carbocycles. The van der Waals surface area contributed by atoms with E-state index < -0.39 is 9.84 Å². The molecule has 2 N–H and O–H groups in total. The SMILES string of the molecule is O=C(N[C@H]1CCS(=O)(=O)C1)c1n[nH]c2c1CCC2. The maximum absolute atomic E-state index is 12.0. The standard InChI is InChI=1S/C11H15N3O3S/c15-11(12-7-4-5-18(16,17)6-7)10-8-2-1-3-9(8)13-14-10/h7H,1-6H2,(H,12,15)(H,13,14)/t7-/m0/s1. The number of aromatic amines is 1. The number of hydrogen-bond acceptors (Lipinski definition) is 4. The van der Waals surface area contributed by atoms with E-state index in [1.807, 2.05) is 0 Å². The van der Waals surface area contributed by atoms with E-state index >= 15 is 0 Å². The smallest absolute Gasteiger partial charge is 0.272 e. The number of fused-ring (bicyclic) bond motifs is 1. The minimum atomic E-state index is -2.96. The van der Waals surface area contributed by atoms with Crippen LogP contribution >= 0.6 is 0 Å². The number of aryl methyl sites for hydroxylation is 1. The van der Waals surface area contributed by atoms with E-state index in [4.69, 9.17) is 0 Å². The lowest BCUT2D eigenvalue weighted by Gasteiger charge is -2.09. The molecular formula is C11H15N3O3S. The highest BCUT2D eigenvalue weighted by Crippen LogP contribution is 2.23. The van der Waals surface area contributed by atoms with Crippen molar-refractivity contribution in [1.29, 1.82) is 0 Å². The Morgan fingerprint density at radius 2 is 2.22 bits per heavy atom. The van der Waals surface area contributed by atoms with E-state index in [1.165, 1.54) is 0 Å². The van der Waals surface area contributed by atoms with Crippen LogP contribution in [0.1, 0.15) is 34.6 Å². The third-order valence-electron chi connectivity index (χ3n) is 3.59. The average molecular weight is 269 g/mol. The van der Waals surface area contributed by atoms with Gasteiger partial charge in [0.1, 0.15) is 0 Å². The predicted molar refractivity (Wildman–Crippen MR) is 65.1 cm³/mol. The number of hydrogen-bond donors (Lipinski definition) is 2. The number of carbonyl (C=O) groups is 1. The molecule has 0 spiro atoms. The van der Waals surface area contributed by atoms with Gasteiger partial charge in [-0.15, -0.1) is 0 Å². The molecule has 0 bridgehead atoms. The molecule has 1 aromatic heterocycles. The molecule has 0 radical (unpaired) electrons. The van der Waals surface area contributed by atoms with E-state index in [0.717, 1.165) is 30.5 Å². The molecule has 1 aromatic rings. The van der Waals surface area contributed by atoms with Gasteiger partial charge in [0.25, 0.3) is 5.91 Å². The number of rotatable bonds is 2. The molecule has 1 saturated heterocycles. The first-order valence-electron chi connectivity index (χ1n) is 6.12. The van der Waals surface area contributed by atoms with Crippen LogP contribution in [0.25, 0.3) is 0 Å². The first-order valence-corrected chi connectivity index (χ1v) is 7.95. The lowest BCUT2D eigenvalue weighted by atomic mass is 10.2. The number of nitrogens with zero attached hydrogens (tertiary/aromatic N) is 1. The van der Waals surface area contributed by atoms with Gasteiger partial charge in [-0.3, -0.25) is 9.89 Å². The number of nitrogens with one attached hydrogen (secondary N) is 2. The van der Waals surface area contributed by atoms with E-state index in [1.54, 1.807) is 0 Å². The highest BCUT2D eigenvalue weighted by molar-refractivity contribution is 7.91. The fourth-order valence-corrected chi connectivity index (χ4v) is 4.34. The lowest BCUT2D eigenvalue weighted by molar-refractivity contribution is 0.0935. The summed E-state index contributed by atoms with van der Waals surface area (Å²) in [4.78, 5) is 12.0. The Balaban J connectivity index is 1.72. The van der Waals surface area contributed by atoms with Gasteiger partial charge in [-0.1, -0.05) is 0 Å². The van der Waals surface area contributed by atoms with E-state index in [2.05, 4.69) is 15.5 Å². The predicted octanol–water partition coefficient (Wildman–Crippen LogP) is -0.185. The Labute approximate surface area is 105 Å². The van der Waals surface area contributed by atoms with Gasteiger partial charge in [-0.2, -0.15) is 5.10 Å². The van der Waals surface area contributed by atoms with Gasteiger partial charge in [0.15, 0.2) is 15.5 Å². The van der Waals surface area contributed by atoms with Gasteiger partial charge in [-0.25, -0.2) is 8.42 Å². The van der Waals surface area contributed by atoms with Crippen molar-refractivity contribution in [2.45, 2.75) is 31.7 Å². The van der Waals surface area contributed by atoms with Crippen molar-refractivity contribution >= 4 is 15.7 Å². The molecule has 1 atom stereocenters. The second-order valence-electron chi connectivity index (χ2n) is 4.96. The molecule has 2 heterocycles. The van der Waals surface area contributed by atoms with E-state index in [-0.39, 0.29) is 23.5 Å². The quantitative estimate of drug-likeness (QED) is 0.778. The highest BCUT2D eigenvalue weighted by atomic mass is 32.2. The Morgan fingerprint density at radius 1 is 1.39 bits per heavy atom. The van der Waals surface area contributed by atoms with E-state index in [9.17, 15) is 13.2 Å². The number of carbonyl (C=O) groups excluding carboxylic acids is 1. The van der Waals surface area contributed by atoms with Crippen molar-refractivity contribution in [3.05, 3.63) is 17.0 Å². The van der Waals surface area contributed by atoms with Gasteiger partial charge < -0.3 is 5.32 Å². The summed E-state index contributed by atoms with van der Waals surface area (Å²) in [6.45, 7) is 0. The molecule has 1 aliphatic carbocycles. The molecule has 18 heavy (non-hydrogen) atoms. The summed E-state index contributed by atoms with van der Waals surface area (Å²) >= 11 is 0. The molecule has 1 aliphatic heterocycles. The van der Waals surface area contributed by atoms with Crippen LogP contribution in [0.4, 0.5) is 0 Å². The maximum atomic E-state index is 12.0. The summed E-state index contributed by atoms with van der Waals surface area (Å²) in [5, 5.41) is 9.67.